The van der Waals surface area contributed by atoms with E-state index in [0.29, 0.717) is 6.54 Å². The van der Waals surface area contributed by atoms with Crippen LogP contribution in [0.5, 0.6) is 0 Å². The molecule has 0 aliphatic carbocycles. The van der Waals surface area contributed by atoms with Crippen molar-refractivity contribution in [3.63, 3.8) is 0 Å². The number of hydrogen-bond donors (Lipinski definition) is 6. The first-order valence-electron chi connectivity index (χ1n) is 12.5. The molecule has 0 saturated carbocycles. The fraction of sp³-hybridized carbons (Fsp3) is 0.241. The minimum atomic E-state index is -1.82. The molecule has 6 N–H and O–H groups in total. The monoisotopic (exact) mass is 596 g/mol. The fourth-order valence-corrected chi connectivity index (χ4v) is 4.47. The highest BCUT2D eigenvalue weighted by Crippen LogP contribution is 2.33. The average Bonchev–Trinajstić information content (AvgIpc) is 3.22. The normalized spacial score (nSPS) is 10.1. The van der Waals surface area contributed by atoms with Crippen LogP contribution in [0.2, 0.25) is 0 Å². The molecule has 0 atom stereocenters. The summed E-state index contributed by atoms with van der Waals surface area (Å²) < 4.78 is 0. The standard InChI is InChI=1S/C25H28N4S.2C2H2O4/c1-16-5-9-20(10-6-16)13-26-15-22-28-24(23-18(3)19(4)30-25(23)29-22)27-14-21-11-7-17(2)8-12-21;2*3-1(4)2(5)6/h5-12,26H,13-15H2,1-4H3,(H,27,28,29);2*(H,3,4)(H,5,6). The van der Waals surface area contributed by atoms with Crippen LogP contribution < -0.4 is 10.6 Å². The van der Waals surface area contributed by atoms with Crippen LogP contribution in [0.3, 0.4) is 0 Å². The van der Waals surface area contributed by atoms with Crippen molar-refractivity contribution < 1.29 is 39.6 Å². The Hall–Kier alpha value is -4.88. The number of anilines is 1. The Morgan fingerprint density at radius 2 is 1.12 bits per heavy atom. The Labute approximate surface area is 245 Å². The number of nitrogens with zero attached hydrogens (tertiary/aromatic N) is 2. The maximum atomic E-state index is 9.10. The molecule has 0 unspecified atom stereocenters. The number of fused-ring (bicyclic) bond motifs is 1. The van der Waals surface area contributed by atoms with Crippen molar-refractivity contribution in [1.29, 1.82) is 0 Å². The lowest BCUT2D eigenvalue weighted by Gasteiger charge is -2.11. The van der Waals surface area contributed by atoms with Gasteiger partial charge in [0.15, 0.2) is 0 Å². The van der Waals surface area contributed by atoms with Crippen molar-refractivity contribution in [2.45, 2.75) is 47.3 Å². The molecule has 222 valence electrons. The Kier molecular flexibility index (Phi) is 12.5. The summed E-state index contributed by atoms with van der Waals surface area (Å²) >= 11 is 1.74. The van der Waals surface area contributed by atoms with Gasteiger partial charge in [0.05, 0.1) is 11.9 Å². The first kappa shape index (κ1) is 33.3. The summed E-state index contributed by atoms with van der Waals surface area (Å²) in [5.41, 5.74) is 6.33. The van der Waals surface area contributed by atoms with Gasteiger partial charge in [-0.3, -0.25) is 0 Å². The molecule has 0 bridgehead atoms. The molecular weight excluding hydrogens is 564 g/mol. The first-order valence-corrected chi connectivity index (χ1v) is 13.3. The van der Waals surface area contributed by atoms with E-state index in [9.17, 15) is 0 Å². The molecule has 0 spiro atoms. The SMILES string of the molecule is Cc1ccc(CNCc2nc(NCc3ccc(C)cc3)c3c(C)c(C)sc3n2)cc1.O=C(O)C(=O)O.O=C(O)C(=O)O. The topological polar surface area (TPSA) is 199 Å². The third-order valence-electron chi connectivity index (χ3n) is 5.75. The smallest absolute Gasteiger partial charge is 0.414 e. The van der Waals surface area contributed by atoms with E-state index >= 15 is 0 Å². The number of aliphatic carboxylic acids is 4. The highest BCUT2D eigenvalue weighted by molar-refractivity contribution is 7.18. The van der Waals surface area contributed by atoms with Gasteiger partial charge in [0.2, 0.25) is 0 Å². The molecule has 2 aromatic heterocycles. The predicted octanol–water partition coefficient (Wildman–Crippen LogP) is 4.14. The van der Waals surface area contributed by atoms with E-state index in [-0.39, 0.29) is 0 Å². The summed E-state index contributed by atoms with van der Waals surface area (Å²) in [7, 11) is 0. The van der Waals surface area contributed by atoms with Gasteiger partial charge in [-0.05, 0) is 44.4 Å². The minimum absolute atomic E-state index is 0.638. The number of hydrogen-bond acceptors (Lipinski definition) is 9. The maximum Gasteiger partial charge on any atom is 0.414 e. The summed E-state index contributed by atoms with van der Waals surface area (Å²) in [4.78, 5) is 48.5. The summed E-state index contributed by atoms with van der Waals surface area (Å²) in [6.07, 6.45) is 0. The van der Waals surface area contributed by atoms with Gasteiger partial charge in [0.25, 0.3) is 0 Å². The summed E-state index contributed by atoms with van der Waals surface area (Å²) in [5, 5.41) is 37.8. The van der Waals surface area contributed by atoms with E-state index in [1.54, 1.807) is 11.3 Å². The van der Waals surface area contributed by atoms with Crippen LogP contribution in [-0.4, -0.2) is 54.3 Å². The van der Waals surface area contributed by atoms with E-state index < -0.39 is 23.9 Å². The molecule has 0 fully saturated rings. The molecule has 0 amide bonds. The number of nitrogens with one attached hydrogen (secondary N) is 2. The van der Waals surface area contributed by atoms with Gasteiger partial charge in [-0.15, -0.1) is 11.3 Å². The summed E-state index contributed by atoms with van der Waals surface area (Å²) in [6.45, 7) is 10.7. The number of aromatic nitrogens is 2. The van der Waals surface area contributed by atoms with Crippen LogP contribution in [0.15, 0.2) is 48.5 Å². The maximum absolute atomic E-state index is 9.10. The zero-order valence-corrected chi connectivity index (χ0v) is 24.3. The van der Waals surface area contributed by atoms with Gasteiger partial charge >= 0.3 is 23.9 Å². The van der Waals surface area contributed by atoms with E-state index in [1.165, 1.54) is 32.7 Å². The predicted molar refractivity (Wildman–Crippen MR) is 158 cm³/mol. The van der Waals surface area contributed by atoms with Gasteiger partial charge in [-0.1, -0.05) is 59.7 Å². The third-order valence-corrected chi connectivity index (χ3v) is 6.86. The molecule has 2 heterocycles. The molecule has 42 heavy (non-hydrogen) atoms. The Morgan fingerprint density at radius 1 is 0.667 bits per heavy atom. The number of thiophene rings is 1. The zero-order chi connectivity index (χ0) is 31.4. The molecule has 0 saturated heterocycles. The zero-order valence-electron chi connectivity index (χ0n) is 23.5. The highest BCUT2D eigenvalue weighted by Gasteiger charge is 2.14. The second-order valence-electron chi connectivity index (χ2n) is 9.10. The molecule has 4 aromatic rings. The van der Waals surface area contributed by atoms with Gasteiger partial charge in [-0.2, -0.15) is 0 Å². The average molecular weight is 597 g/mol. The lowest BCUT2D eigenvalue weighted by Crippen LogP contribution is -2.16. The third kappa shape index (κ3) is 10.6. The molecular formula is C29H32N4O8S. The first-order chi connectivity index (χ1) is 19.8. The number of benzene rings is 2. The Morgan fingerprint density at radius 3 is 1.57 bits per heavy atom. The van der Waals surface area contributed by atoms with Crippen molar-refractivity contribution >= 4 is 51.2 Å². The van der Waals surface area contributed by atoms with Crippen molar-refractivity contribution in [1.82, 2.24) is 15.3 Å². The van der Waals surface area contributed by atoms with Crippen LogP contribution >= 0.6 is 11.3 Å². The molecule has 0 radical (unpaired) electrons. The minimum Gasteiger partial charge on any atom is -0.473 e. The molecule has 12 nitrogen and oxygen atoms in total. The fourth-order valence-electron chi connectivity index (χ4n) is 3.42. The van der Waals surface area contributed by atoms with Crippen LogP contribution in [0.1, 0.15) is 38.5 Å². The highest BCUT2D eigenvalue weighted by atomic mass is 32.1. The van der Waals surface area contributed by atoms with Gasteiger partial charge < -0.3 is 31.1 Å². The summed E-state index contributed by atoms with van der Waals surface area (Å²) in [5.74, 6) is -5.55. The number of rotatable bonds is 7. The largest absolute Gasteiger partial charge is 0.473 e. The van der Waals surface area contributed by atoms with Crippen molar-refractivity contribution in [3.05, 3.63) is 87.0 Å². The molecule has 0 aliphatic heterocycles. The number of carbonyl (C=O) groups is 4. The molecule has 4 rings (SSSR count). The van der Waals surface area contributed by atoms with Crippen molar-refractivity contribution in [3.8, 4) is 0 Å². The molecule has 2 aromatic carbocycles. The van der Waals surface area contributed by atoms with E-state index in [1.807, 2.05) is 0 Å². The lowest BCUT2D eigenvalue weighted by molar-refractivity contribution is -0.159. The Bertz CT molecular complexity index is 1500. The number of aryl methyl sites for hydroxylation is 4. The summed E-state index contributed by atoms with van der Waals surface area (Å²) in [6, 6.07) is 17.2. The van der Waals surface area contributed by atoms with Gasteiger partial charge in [-0.25, -0.2) is 29.1 Å². The lowest BCUT2D eigenvalue weighted by atomic mass is 10.1. The molecule has 0 aliphatic rings. The second-order valence-corrected chi connectivity index (χ2v) is 10.3. The van der Waals surface area contributed by atoms with Crippen LogP contribution in [0.25, 0.3) is 10.2 Å². The van der Waals surface area contributed by atoms with Gasteiger partial charge in [0, 0.05) is 18.0 Å². The van der Waals surface area contributed by atoms with Gasteiger partial charge in [0.1, 0.15) is 16.5 Å². The second kappa shape index (κ2) is 15.8. The van der Waals surface area contributed by atoms with Crippen molar-refractivity contribution in [2.75, 3.05) is 5.32 Å². The van der Waals surface area contributed by atoms with Crippen LogP contribution in [-0.2, 0) is 38.8 Å². The Balaban J connectivity index is 0.000000434. The molecule has 13 heteroatoms. The van der Waals surface area contributed by atoms with Crippen LogP contribution in [0.4, 0.5) is 5.82 Å². The van der Waals surface area contributed by atoms with E-state index in [4.69, 9.17) is 49.6 Å². The van der Waals surface area contributed by atoms with Crippen LogP contribution in [0, 0.1) is 27.7 Å². The number of carboxylic acids is 4. The van der Waals surface area contributed by atoms with E-state index in [2.05, 4.69) is 86.9 Å². The number of carboxylic acid groups (broad SMARTS) is 4. The van der Waals surface area contributed by atoms with Crippen molar-refractivity contribution in [2.24, 2.45) is 0 Å². The quantitative estimate of drug-likeness (QED) is 0.167. The van der Waals surface area contributed by atoms with E-state index in [0.717, 1.165) is 34.9 Å².